The van der Waals surface area contributed by atoms with Crippen molar-refractivity contribution in [1.82, 2.24) is 4.90 Å². The fourth-order valence-corrected chi connectivity index (χ4v) is 5.07. The number of amides is 3. The summed E-state index contributed by atoms with van der Waals surface area (Å²) in [7, 11) is 0. The largest absolute Gasteiger partial charge is 0.326 e. The maximum atomic E-state index is 13.7. The van der Waals surface area contributed by atoms with E-state index in [1.807, 2.05) is 12.1 Å². The van der Waals surface area contributed by atoms with Crippen molar-refractivity contribution >= 4 is 40.7 Å². The van der Waals surface area contributed by atoms with E-state index in [4.69, 9.17) is 11.6 Å². The van der Waals surface area contributed by atoms with Crippen molar-refractivity contribution in [2.24, 2.45) is 0 Å². The normalized spacial score (nSPS) is 17.8. The van der Waals surface area contributed by atoms with Gasteiger partial charge in [0.25, 0.3) is 17.5 Å². The molecule has 1 aliphatic carbocycles. The molecule has 8 nitrogen and oxygen atoms in total. The summed E-state index contributed by atoms with van der Waals surface area (Å²) in [6.45, 7) is 4.35. The molecule has 3 amide bonds. The highest BCUT2D eigenvalue weighted by Crippen LogP contribution is 2.31. The first-order chi connectivity index (χ1) is 17.7. The molecule has 4 rings (SSSR count). The van der Waals surface area contributed by atoms with Gasteiger partial charge in [0.1, 0.15) is 11.1 Å². The molecule has 0 radical (unpaired) electrons. The lowest BCUT2D eigenvalue weighted by molar-refractivity contribution is -0.384. The molecule has 0 saturated carbocycles. The van der Waals surface area contributed by atoms with Crippen LogP contribution in [0.25, 0.3) is 0 Å². The van der Waals surface area contributed by atoms with Gasteiger partial charge in [0.05, 0.1) is 17.0 Å². The smallest absolute Gasteiger partial charge is 0.288 e. The number of carbonyl (C=O) groups excluding carboxylic acids is 3. The van der Waals surface area contributed by atoms with E-state index in [1.165, 1.54) is 22.6 Å². The molecule has 9 heteroatoms. The first-order valence-electron chi connectivity index (χ1n) is 12.6. The summed E-state index contributed by atoms with van der Waals surface area (Å²) in [6.07, 6.45) is 6.70. The first kappa shape index (κ1) is 26.5. The standard InChI is InChI=1S/C28H30ClN3O5/c1-18(2)20-8-11-22(12-9-20)31-26(33)17-25(28(31)35)30(15-14-19-6-4-3-5-7-19)27(34)21-10-13-23(29)24(16-21)32(36)37/h6,8-13,16,18,25H,3-5,7,14-15,17H2,1-2H3. The Balaban J connectivity index is 1.64. The molecule has 1 unspecified atom stereocenters. The summed E-state index contributed by atoms with van der Waals surface area (Å²) in [4.78, 5) is 53.5. The number of halogens is 1. The highest BCUT2D eigenvalue weighted by molar-refractivity contribution is 6.32. The van der Waals surface area contributed by atoms with Gasteiger partial charge in [-0.05, 0) is 67.9 Å². The Bertz CT molecular complexity index is 1250. The van der Waals surface area contributed by atoms with E-state index in [0.29, 0.717) is 18.0 Å². The van der Waals surface area contributed by atoms with Gasteiger partial charge >= 0.3 is 0 Å². The topological polar surface area (TPSA) is 101 Å². The van der Waals surface area contributed by atoms with Crippen molar-refractivity contribution in [1.29, 1.82) is 0 Å². The van der Waals surface area contributed by atoms with Gasteiger partial charge in [0, 0.05) is 18.2 Å². The first-order valence-corrected chi connectivity index (χ1v) is 12.9. The van der Waals surface area contributed by atoms with E-state index in [9.17, 15) is 24.5 Å². The van der Waals surface area contributed by atoms with Crippen molar-refractivity contribution in [2.75, 3.05) is 11.4 Å². The lowest BCUT2D eigenvalue weighted by Crippen LogP contribution is -2.46. The number of nitro benzene ring substituents is 1. The lowest BCUT2D eigenvalue weighted by atomic mass is 9.96. The van der Waals surface area contributed by atoms with Crippen LogP contribution in [0.2, 0.25) is 5.02 Å². The van der Waals surface area contributed by atoms with Crippen LogP contribution in [-0.2, 0) is 9.59 Å². The number of anilines is 1. The number of rotatable bonds is 8. The molecule has 1 atom stereocenters. The zero-order valence-electron chi connectivity index (χ0n) is 21.0. The van der Waals surface area contributed by atoms with E-state index in [0.717, 1.165) is 42.2 Å². The molecule has 0 spiro atoms. The molecule has 2 aromatic carbocycles. The van der Waals surface area contributed by atoms with Crippen LogP contribution in [0.5, 0.6) is 0 Å². The fraction of sp³-hybridized carbons (Fsp3) is 0.393. The molecule has 1 heterocycles. The van der Waals surface area contributed by atoms with Crippen LogP contribution in [0.4, 0.5) is 11.4 Å². The highest BCUT2D eigenvalue weighted by Gasteiger charge is 2.44. The molecular weight excluding hydrogens is 494 g/mol. The van der Waals surface area contributed by atoms with Crippen LogP contribution in [0.15, 0.2) is 54.1 Å². The number of imide groups is 1. The van der Waals surface area contributed by atoms with E-state index >= 15 is 0 Å². The second-order valence-corrected chi connectivity index (χ2v) is 10.2. The lowest BCUT2D eigenvalue weighted by Gasteiger charge is -2.28. The summed E-state index contributed by atoms with van der Waals surface area (Å²) in [5.74, 6) is -1.10. The Hall–Kier alpha value is -3.52. The SMILES string of the molecule is CC(C)c1ccc(N2C(=O)CC(N(CCC3=CCCCC3)C(=O)c3ccc(Cl)c([N+](=O)[O-])c3)C2=O)cc1. The van der Waals surface area contributed by atoms with Crippen molar-refractivity contribution in [2.45, 2.75) is 64.3 Å². The fourth-order valence-electron chi connectivity index (χ4n) is 4.89. The molecule has 1 fully saturated rings. The zero-order valence-corrected chi connectivity index (χ0v) is 21.7. The number of carbonyl (C=O) groups is 3. The summed E-state index contributed by atoms with van der Waals surface area (Å²) in [6, 6.07) is 10.1. The number of nitrogens with zero attached hydrogens (tertiary/aromatic N) is 3. The van der Waals surface area contributed by atoms with Gasteiger partial charge in [-0.2, -0.15) is 0 Å². The Morgan fingerprint density at radius 3 is 2.51 bits per heavy atom. The molecule has 0 aromatic heterocycles. The molecule has 1 saturated heterocycles. The molecular formula is C28H30ClN3O5. The van der Waals surface area contributed by atoms with Crippen LogP contribution in [0.1, 0.15) is 74.2 Å². The maximum absolute atomic E-state index is 13.7. The van der Waals surface area contributed by atoms with Crippen LogP contribution < -0.4 is 4.90 Å². The van der Waals surface area contributed by atoms with Gasteiger partial charge < -0.3 is 4.90 Å². The minimum Gasteiger partial charge on any atom is -0.326 e. The second-order valence-electron chi connectivity index (χ2n) is 9.81. The Labute approximate surface area is 221 Å². The second kappa shape index (κ2) is 11.3. The quantitative estimate of drug-likeness (QED) is 0.182. The van der Waals surface area contributed by atoms with Crippen LogP contribution in [0.3, 0.4) is 0 Å². The Morgan fingerprint density at radius 1 is 1.16 bits per heavy atom. The zero-order chi connectivity index (χ0) is 26.7. The van der Waals surface area contributed by atoms with E-state index in [-0.39, 0.29) is 35.1 Å². The van der Waals surface area contributed by atoms with Crippen LogP contribution >= 0.6 is 11.6 Å². The van der Waals surface area contributed by atoms with Crippen molar-refractivity contribution < 1.29 is 19.3 Å². The molecule has 1 aliphatic heterocycles. The minimum atomic E-state index is -0.997. The molecule has 2 aromatic rings. The van der Waals surface area contributed by atoms with Crippen LogP contribution in [0, 0.1) is 10.1 Å². The molecule has 0 bridgehead atoms. The molecule has 2 aliphatic rings. The third-order valence-electron chi connectivity index (χ3n) is 7.03. The van der Waals surface area contributed by atoms with Crippen LogP contribution in [-0.4, -0.2) is 40.1 Å². The monoisotopic (exact) mass is 523 g/mol. The van der Waals surface area contributed by atoms with Crippen molar-refractivity contribution in [3.63, 3.8) is 0 Å². The van der Waals surface area contributed by atoms with Gasteiger partial charge in [-0.3, -0.25) is 24.5 Å². The predicted molar refractivity (Wildman–Crippen MR) is 142 cm³/mol. The number of benzene rings is 2. The summed E-state index contributed by atoms with van der Waals surface area (Å²) in [5, 5.41) is 11.3. The number of allylic oxidation sites excluding steroid dienone is 1. The Kier molecular flexibility index (Phi) is 8.07. The number of nitro groups is 1. The third kappa shape index (κ3) is 5.74. The maximum Gasteiger partial charge on any atom is 0.288 e. The predicted octanol–water partition coefficient (Wildman–Crippen LogP) is 6.04. The van der Waals surface area contributed by atoms with Gasteiger partial charge in [-0.15, -0.1) is 0 Å². The number of hydrogen-bond donors (Lipinski definition) is 0. The third-order valence-corrected chi connectivity index (χ3v) is 7.35. The van der Waals surface area contributed by atoms with E-state index in [2.05, 4.69) is 19.9 Å². The number of hydrogen-bond acceptors (Lipinski definition) is 5. The molecule has 37 heavy (non-hydrogen) atoms. The van der Waals surface area contributed by atoms with E-state index in [1.54, 1.807) is 12.1 Å². The average Bonchev–Trinajstić information content (AvgIpc) is 3.18. The molecule has 0 N–H and O–H groups in total. The van der Waals surface area contributed by atoms with Gasteiger partial charge in [0.15, 0.2) is 0 Å². The summed E-state index contributed by atoms with van der Waals surface area (Å²) < 4.78 is 0. The summed E-state index contributed by atoms with van der Waals surface area (Å²) in [5.41, 5.74) is 2.42. The average molecular weight is 524 g/mol. The Morgan fingerprint density at radius 2 is 1.89 bits per heavy atom. The van der Waals surface area contributed by atoms with Gasteiger partial charge in [-0.1, -0.05) is 49.2 Å². The van der Waals surface area contributed by atoms with Crippen molar-refractivity contribution in [3.05, 3.63) is 80.4 Å². The van der Waals surface area contributed by atoms with Crippen molar-refractivity contribution in [3.8, 4) is 0 Å². The van der Waals surface area contributed by atoms with Gasteiger partial charge in [0.2, 0.25) is 5.91 Å². The molecule has 194 valence electrons. The summed E-state index contributed by atoms with van der Waals surface area (Å²) >= 11 is 5.95. The van der Waals surface area contributed by atoms with E-state index < -0.39 is 22.8 Å². The van der Waals surface area contributed by atoms with Gasteiger partial charge in [-0.25, -0.2) is 4.90 Å². The minimum absolute atomic E-state index is 0.0497. The highest BCUT2D eigenvalue weighted by atomic mass is 35.5.